The predicted molar refractivity (Wildman–Crippen MR) is 53.9 cm³/mol. The van der Waals surface area contributed by atoms with Gasteiger partial charge in [-0.1, -0.05) is 0 Å². The Bertz CT molecular complexity index is 363. The van der Waals surface area contributed by atoms with Gasteiger partial charge < -0.3 is 20.9 Å². The first-order valence-corrected chi connectivity index (χ1v) is 3.98. The van der Waals surface area contributed by atoms with Crippen LogP contribution in [-0.2, 0) is 0 Å². The summed E-state index contributed by atoms with van der Waals surface area (Å²) in [6.07, 6.45) is 0. The summed E-state index contributed by atoms with van der Waals surface area (Å²) in [6, 6.07) is 2.92. The zero-order chi connectivity index (χ0) is 10.7. The van der Waals surface area contributed by atoms with Crippen molar-refractivity contribution in [2.45, 2.75) is 0 Å². The summed E-state index contributed by atoms with van der Waals surface area (Å²) in [6.45, 7) is 0. The Morgan fingerprint density at radius 2 is 2.21 bits per heavy atom. The van der Waals surface area contributed by atoms with E-state index in [2.05, 4.69) is 5.32 Å². The van der Waals surface area contributed by atoms with Crippen LogP contribution in [0.5, 0.6) is 5.75 Å². The molecule has 0 aliphatic heterocycles. The minimum atomic E-state index is -1.04. The number of nitrogen functional groups attached to an aromatic ring is 1. The van der Waals surface area contributed by atoms with E-state index in [1.54, 1.807) is 7.05 Å². The molecular formula is C9H12N2O3. The highest BCUT2D eigenvalue weighted by molar-refractivity contribution is 5.94. The van der Waals surface area contributed by atoms with Crippen molar-refractivity contribution in [2.75, 3.05) is 25.2 Å². The maximum Gasteiger partial charge on any atom is 0.339 e. The Hall–Kier alpha value is -1.91. The van der Waals surface area contributed by atoms with Crippen molar-refractivity contribution in [3.63, 3.8) is 0 Å². The lowest BCUT2D eigenvalue weighted by atomic mass is 10.1. The van der Waals surface area contributed by atoms with E-state index in [4.69, 9.17) is 15.6 Å². The number of carboxylic acids is 1. The molecule has 0 atom stereocenters. The highest BCUT2D eigenvalue weighted by atomic mass is 16.5. The summed E-state index contributed by atoms with van der Waals surface area (Å²) in [7, 11) is 3.07. The van der Waals surface area contributed by atoms with E-state index in [9.17, 15) is 4.79 Å². The van der Waals surface area contributed by atoms with Gasteiger partial charge in [0.15, 0.2) is 0 Å². The summed E-state index contributed by atoms with van der Waals surface area (Å²) in [4.78, 5) is 10.8. The normalized spacial score (nSPS) is 9.57. The van der Waals surface area contributed by atoms with Gasteiger partial charge in [-0.3, -0.25) is 0 Å². The molecule has 5 heteroatoms. The van der Waals surface area contributed by atoms with Gasteiger partial charge in [0.25, 0.3) is 0 Å². The van der Waals surface area contributed by atoms with Crippen LogP contribution in [0.25, 0.3) is 0 Å². The van der Waals surface area contributed by atoms with Crippen LogP contribution in [0.3, 0.4) is 0 Å². The maximum atomic E-state index is 10.8. The summed E-state index contributed by atoms with van der Waals surface area (Å²) >= 11 is 0. The molecule has 0 saturated heterocycles. The lowest BCUT2D eigenvalue weighted by Gasteiger charge is -2.10. The van der Waals surface area contributed by atoms with Crippen LogP contribution in [0.4, 0.5) is 11.4 Å². The quantitative estimate of drug-likeness (QED) is 0.628. The lowest BCUT2D eigenvalue weighted by molar-refractivity contribution is 0.0693. The van der Waals surface area contributed by atoms with Gasteiger partial charge in [0, 0.05) is 13.1 Å². The molecule has 76 valence electrons. The molecule has 0 aliphatic carbocycles. The number of hydrogen-bond acceptors (Lipinski definition) is 4. The minimum Gasteiger partial charge on any atom is -0.496 e. The molecule has 1 aromatic carbocycles. The molecule has 0 heterocycles. The van der Waals surface area contributed by atoms with Gasteiger partial charge >= 0.3 is 5.97 Å². The summed E-state index contributed by atoms with van der Waals surface area (Å²) in [5.41, 5.74) is 6.76. The van der Waals surface area contributed by atoms with E-state index in [1.807, 2.05) is 0 Å². The molecular weight excluding hydrogens is 184 g/mol. The minimum absolute atomic E-state index is 0.0889. The number of aromatic carboxylic acids is 1. The fraction of sp³-hybridized carbons (Fsp3) is 0.222. The summed E-state index contributed by atoms with van der Waals surface area (Å²) in [5.74, 6) is -0.785. The van der Waals surface area contributed by atoms with E-state index in [1.165, 1.54) is 19.2 Å². The molecule has 0 unspecified atom stereocenters. The number of rotatable bonds is 3. The monoisotopic (exact) mass is 196 g/mol. The second kappa shape index (κ2) is 3.87. The maximum absolute atomic E-state index is 10.8. The zero-order valence-corrected chi connectivity index (χ0v) is 8.00. The van der Waals surface area contributed by atoms with Gasteiger partial charge in [-0.25, -0.2) is 4.79 Å². The molecule has 0 bridgehead atoms. The highest BCUT2D eigenvalue weighted by Gasteiger charge is 2.13. The number of carbonyl (C=O) groups is 1. The van der Waals surface area contributed by atoms with Crippen molar-refractivity contribution < 1.29 is 14.6 Å². The Morgan fingerprint density at radius 3 is 2.64 bits per heavy atom. The Morgan fingerprint density at radius 1 is 1.57 bits per heavy atom. The third kappa shape index (κ3) is 1.71. The number of anilines is 2. The van der Waals surface area contributed by atoms with Crippen molar-refractivity contribution >= 4 is 17.3 Å². The Labute approximate surface area is 81.5 Å². The van der Waals surface area contributed by atoms with E-state index >= 15 is 0 Å². The molecule has 0 spiro atoms. The fourth-order valence-electron chi connectivity index (χ4n) is 1.15. The average Bonchev–Trinajstić information content (AvgIpc) is 2.16. The molecule has 14 heavy (non-hydrogen) atoms. The fourth-order valence-corrected chi connectivity index (χ4v) is 1.15. The Kier molecular flexibility index (Phi) is 2.81. The molecule has 0 saturated carbocycles. The van der Waals surface area contributed by atoms with E-state index < -0.39 is 5.97 Å². The highest BCUT2D eigenvalue weighted by Crippen LogP contribution is 2.28. The van der Waals surface area contributed by atoms with E-state index in [0.29, 0.717) is 11.4 Å². The van der Waals surface area contributed by atoms with Crippen LogP contribution in [0, 0.1) is 0 Å². The molecule has 5 nitrogen and oxygen atoms in total. The van der Waals surface area contributed by atoms with Crippen LogP contribution >= 0.6 is 0 Å². The van der Waals surface area contributed by atoms with Crippen molar-refractivity contribution in [2.24, 2.45) is 0 Å². The first-order chi connectivity index (χ1) is 6.60. The van der Waals surface area contributed by atoms with Gasteiger partial charge in [0.05, 0.1) is 18.5 Å². The van der Waals surface area contributed by atoms with Gasteiger partial charge in [-0.2, -0.15) is 0 Å². The number of carboxylic acid groups (broad SMARTS) is 1. The van der Waals surface area contributed by atoms with Crippen molar-refractivity contribution in [1.82, 2.24) is 0 Å². The SMILES string of the molecule is CNc1cc(C(=O)O)c(OC)cc1N. The lowest BCUT2D eigenvalue weighted by Crippen LogP contribution is -2.04. The van der Waals surface area contributed by atoms with Gasteiger partial charge in [-0.15, -0.1) is 0 Å². The van der Waals surface area contributed by atoms with Crippen LogP contribution in [-0.4, -0.2) is 25.2 Å². The van der Waals surface area contributed by atoms with E-state index in [-0.39, 0.29) is 11.3 Å². The third-order valence-corrected chi connectivity index (χ3v) is 1.87. The standard InChI is InChI=1S/C9H12N2O3/c1-11-7-3-5(9(12)13)8(14-2)4-6(7)10/h3-4,11H,10H2,1-2H3,(H,12,13). The van der Waals surface area contributed by atoms with E-state index in [0.717, 1.165) is 0 Å². The predicted octanol–water partition coefficient (Wildman–Crippen LogP) is 1.02. The number of ether oxygens (including phenoxy) is 1. The van der Waals surface area contributed by atoms with Gasteiger partial charge in [0.2, 0.25) is 0 Å². The summed E-state index contributed by atoms with van der Waals surface area (Å²) in [5, 5.41) is 11.7. The average molecular weight is 196 g/mol. The molecule has 4 N–H and O–H groups in total. The second-order valence-electron chi connectivity index (χ2n) is 2.69. The molecule has 0 aliphatic rings. The molecule has 1 rings (SSSR count). The van der Waals surface area contributed by atoms with Crippen LogP contribution in [0.2, 0.25) is 0 Å². The third-order valence-electron chi connectivity index (χ3n) is 1.87. The van der Waals surface area contributed by atoms with Crippen LogP contribution in [0.15, 0.2) is 12.1 Å². The Balaban J connectivity index is 3.32. The number of benzene rings is 1. The molecule has 0 fully saturated rings. The number of nitrogens with one attached hydrogen (secondary N) is 1. The number of methoxy groups -OCH3 is 1. The van der Waals surface area contributed by atoms with Crippen LogP contribution < -0.4 is 15.8 Å². The van der Waals surface area contributed by atoms with Crippen LogP contribution in [0.1, 0.15) is 10.4 Å². The molecule has 0 radical (unpaired) electrons. The number of hydrogen-bond donors (Lipinski definition) is 3. The smallest absolute Gasteiger partial charge is 0.339 e. The summed E-state index contributed by atoms with van der Waals surface area (Å²) < 4.78 is 4.90. The van der Waals surface area contributed by atoms with Crippen molar-refractivity contribution in [1.29, 1.82) is 0 Å². The molecule has 0 aromatic heterocycles. The number of nitrogens with two attached hydrogens (primary N) is 1. The molecule has 0 amide bonds. The zero-order valence-electron chi connectivity index (χ0n) is 8.00. The van der Waals surface area contributed by atoms with Gasteiger partial charge in [0.1, 0.15) is 11.3 Å². The first kappa shape index (κ1) is 10.2. The van der Waals surface area contributed by atoms with Crippen molar-refractivity contribution in [3.05, 3.63) is 17.7 Å². The first-order valence-electron chi connectivity index (χ1n) is 3.98. The van der Waals surface area contributed by atoms with Crippen molar-refractivity contribution in [3.8, 4) is 5.75 Å². The van der Waals surface area contributed by atoms with Gasteiger partial charge in [-0.05, 0) is 6.07 Å². The second-order valence-corrected chi connectivity index (χ2v) is 2.69. The largest absolute Gasteiger partial charge is 0.496 e. The topological polar surface area (TPSA) is 84.6 Å². The molecule has 1 aromatic rings.